The number of aromatic nitrogens is 4. The maximum Gasteiger partial charge on any atom is 0.222 e. The number of nitrogens with zero attached hydrogens (tertiary/aromatic N) is 4. The van der Waals surface area contributed by atoms with Gasteiger partial charge in [0, 0.05) is 44.3 Å². The number of sulfone groups is 1. The summed E-state index contributed by atoms with van der Waals surface area (Å²) in [6.07, 6.45) is 4.28. The van der Waals surface area contributed by atoms with E-state index in [1.165, 1.54) is 13.0 Å². The van der Waals surface area contributed by atoms with Crippen LogP contribution in [0.4, 0.5) is 17.3 Å². The number of ether oxygens (including phenoxy) is 1. The molecular formula is C20H24N6O4S. The number of anilines is 3. The molecule has 0 unspecified atom stereocenters. The van der Waals surface area contributed by atoms with E-state index in [4.69, 9.17) is 4.74 Å². The van der Waals surface area contributed by atoms with Gasteiger partial charge in [-0.25, -0.2) is 18.4 Å². The second-order valence-electron chi connectivity index (χ2n) is 7.23. The van der Waals surface area contributed by atoms with E-state index in [2.05, 4.69) is 25.7 Å². The molecule has 31 heavy (non-hydrogen) atoms. The number of hydrogen-bond acceptors (Lipinski definition) is 8. The molecule has 3 rings (SSSR count). The van der Waals surface area contributed by atoms with Crippen molar-refractivity contribution in [3.63, 3.8) is 0 Å². The predicted molar refractivity (Wildman–Crippen MR) is 117 cm³/mol. The zero-order chi connectivity index (χ0) is 22.8. The van der Waals surface area contributed by atoms with Gasteiger partial charge in [-0.15, -0.1) is 0 Å². The van der Waals surface area contributed by atoms with Crippen LogP contribution in [0.5, 0.6) is 5.75 Å². The fraction of sp³-hybridized carbons (Fsp3) is 0.300. The molecule has 0 fully saturated rings. The van der Waals surface area contributed by atoms with Crippen LogP contribution in [-0.2, 0) is 21.7 Å². The van der Waals surface area contributed by atoms with Gasteiger partial charge in [-0.3, -0.25) is 9.48 Å². The molecule has 0 spiro atoms. The number of carbonyl (C=O) groups is 1. The third kappa shape index (κ3) is 5.57. The fourth-order valence-corrected chi connectivity index (χ4v) is 3.34. The summed E-state index contributed by atoms with van der Waals surface area (Å²) in [6.45, 7) is 5.09. The summed E-state index contributed by atoms with van der Waals surface area (Å²) in [7, 11) is -1.74. The number of hydrogen-bond donors (Lipinski definition) is 2. The van der Waals surface area contributed by atoms with Gasteiger partial charge in [0.25, 0.3) is 0 Å². The number of rotatable bonds is 7. The average Bonchev–Trinajstić information content (AvgIpc) is 3.07. The normalized spacial score (nSPS) is 11.4. The van der Waals surface area contributed by atoms with Crippen LogP contribution in [0.2, 0.25) is 0 Å². The van der Waals surface area contributed by atoms with E-state index in [1.807, 2.05) is 19.9 Å². The van der Waals surface area contributed by atoms with Crippen molar-refractivity contribution in [2.24, 2.45) is 7.05 Å². The van der Waals surface area contributed by atoms with Gasteiger partial charge in [-0.2, -0.15) is 5.10 Å². The van der Waals surface area contributed by atoms with Gasteiger partial charge in [0.05, 0.1) is 17.5 Å². The highest BCUT2D eigenvalue weighted by Gasteiger charge is 2.18. The van der Waals surface area contributed by atoms with Crippen LogP contribution in [0.25, 0.3) is 11.3 Å². The third-order valence-corrected chi connectivity index (χ3v) is 5.01. The Bertz CT molecular complexity index is 1220. The first-order valence-electron chi connectivity index (χ1n) is 9.45. The molecule has 10 nitrogen and oxygen atoms in total. The standard InChI is InChI=1S/C20H24N6O4S/c1-12(2)30-17-6-7-19(31(5,28)29)24-20(17)23-16-10-18(22-13(3)27)21-11-14(16)15-8-9-26(4)25-15/h6-12H,1-5H3,(H2,21,22,23,24,27). The second-order valence-corrected chi connectivity index (χ2v) is 9.19. The minimum atomic E-state index is -3.54. The van der Waals surface area contributed by atoms with Gasteiger partial charge in [-0.05, 0) is 32.0 Å². The summed E-state index contributed by atoms with van der Waals surface area (Å²) in [4.78, 5) is 20.0. The summed E-state index contributed by atoms with van der Waals surface area (Å²) in [6, 6.07) is 6.39. The molecule has 1 amide bonds. The van der Waals surface area contributed by atoms with Crippen molar-refractivity contribution in [1.82, 2.24) is 19.7 Å². The Labute approximate surface area is 180 Å². The first kappa shape index (κ1) is 22.2. The second kappa shape index (κ2) is 8.72. The van der Waals surface area contributed by atoms with Crippen molar-refractivity contribution in [2.45, 2.75) is 31.9 Å². The van der Waals surface area contributed by atoms with Gasteiger partial charge < -0.3 is 15.4 Å². The average molecular weight is 445 g/mol. The Balaban J connectivity index is 2.14. The number of carbonyl (C=O) groups excluding carboxylic acids is 1. The van der Waals surface area contributed by atoms with E-state index in [0.29, 0.717) is 28.5 Å². The molecule has 0 bridgehead atoms. The molecule has 0 aliphatic rings. The first-order valence-corrected chi connectivity index (χ1v) is 11.3. The Morgan fingerprint density at radius 1 is 1.23 bits per heavy atom. The largest absolute Gasteiger partial charge is 0.487 e. The van der Waals surface area contributed by atoms with E-state index in [-0.39, 0.29) is 22.9 Å². The van der Waals surface area contributed by atoms with Crippen LogP contribution in [0.15, 0.2) is 41.7 Å². The summed E-state index contributed by atoms with van der Waals surface area (Å²) < 4.78 is 31.5. The smallest absolute Gasteiger partial charge is 0.222 e. The molecule has 3 aromatic heterocycles. The lowest BCUT2D eigenvalue weighted by Gasteiger charge is -2.17. The first-order chi connectivity index (χ1) is 14.5. The van der Waals surface area contributed by atoms with Crippen LogP contribution in [0.3, 0.4) is 0 Å². The lowest BCUT2D eigenvalue weighted by molar-refractivity contribution is -0.114. The van der Waals surface area contributed by atoms with Crippen LogP contribution in [-0.4, -0.2) is 46.4 Å². The van der Waals surface area contributed by atoms with Crippen LogP contribution < -0.4 is 15.4 Å². The summed E-state index contributed by atoms with van der Waals surface area (Å²) in [5.41, 5.74) is 1.79. The highest BCUT2D eigenvalue weighted by Crippen LogP contribution is 2.34. The molecule has 2 N–H and O–H groups in total. The van der Waals surface area contributed by atoms with Crippen molar-refractivity contribution >= 4 is 33.1 Å². The van der Waals surface area contributed by atoms with E-state index < -0.39 is 9.84 Å². The molecule has 0 radical (unpaired) electrons. The van der Waals surface area contributed by atoms with E-state index in [1.54, 1.807) is 36.3 Å². The minimum absolute atomic E-state index is 0.0957. The van der Waals surface area contributed by atoms with Crippen molar-refractivity contribution in [3.05, 3.63) is 36.7 Å². The Morgan fingerprint density at radius 2 is 1.97 bits per heavy atom. The van der Waals surface area contributed by atoms with Crippen LogP contribution >= 0.6 is 0 Å². The summed E-state index contributed by atoms with van der Waals surface area (Å²) >= 11 is 0. The number of aryl methyl sites for hydroxylation is 1. The predicted octanol–water partition coefficient (Wildman–Crippen LogP) is 2.77. The Morgan fingerprint density at radius 3 is 2.55 bits per heavy atom. The topological polar surface area (TPSA) is 128 Å². The van der Waals surface area contributed by atoms with Crippen molar-refractivity contribution in [3.8, 4) is 17.0 Å². The zero-order valence-corrected chi connectivity index (χ0v) is 18.7. The molecule has 164 valence electrons. The van der Waals surface area contributed by atoms with Crippen LogP contribution in [0.1, 0.15) is 20.8 Å². The molecular weight excluding hydrogens is 420 g/mol. The molecule has 0 aliphatic heterocycles. The SMILES string of the molecule is CC(=O)Nc1cc(Nc2nc(S(C)(=O)=O)ccc2OC(C)C)c(-c2ccn(C)n2)cn1. The molecule has 3 heterocycles. The molecule has 3 aromatic rings. The summed E-state index contributed by atoms with van der Waals surface area (Å²) in [5, 5.41) is 10.1. The van der Waals surface area contributed by atoms with E-state index in [0.717, 1.165) is 6.26 Å². The molecule has 11 heteroatoms. The maximum absolute atomic E-state index is 12.0. The minimum Gasteiger partial charge on any atom is -0.487 e. The van der Waals surface area contributed by atoms with Gasteiger partial charge in [-0.1, -0.05) is 0 Å². The molecule has 0 atom stereocenters. The third-order valence-electron chi connectivity index (χ3n) is 4.03. The van der Waals surface area contributed by atoms with Crippen molar-refractivity contribution in [2.75, 3.05) is 16.9 Å². The van der Waals surface area contributed by atoms with Gasteiger partial charge >= 0.3 is 0 Å². The van der Waals surface area contributed by atoms with Crippen LogP contribution in [0, 0.1) is 0 Å². The number of nitrogens with one attached hydrogen (secondary N) is 2. The van der Waals surface area contributed by atoms with Gasteiger partial charge in [0.2, 0.25) is 5.91 Å². The highest BCUT2D eigenvalue weighted by molar-refractivity contribution is 7.90. The Hall–Kier alpha value is -3.47. The van der Waals surface area contributed by atoms with E-state index in [9.17, 15) is 13.2 Å². The lowest BCUT2D eigenvalue weighted by Crippen LogP contribution is -2.11. The number of amides is 1. The van der Waals surface area contributed by atoms with E-state index >= 15 is 0 Å². The fourth-order valence-electron chi connectivity index (χ4n) is 2.77. The molecule has 0 saturated carbocycles. The van der Waals surface area contributed by atoms with Crippen molar-refractivity contribution in [1.29, 1.82) is 0 Å². The lowest BCUT2D eigenvalue weighted by atomic mass is 10.1. The van der Waals surface area contributed by atoms with Crippen molar-refractivity contribution < 1.29 is 17.9 Å². The Kier molecular flexibility index (Phi) is 6.25. The summed E-state index contributed by atoms with van der Waals surface area (Å²) in [5.74, 6) is 0.645. The molecule has 0 saturated heterocycles. The maximum atomic E-state index is 12.0. The molecule has 0 aliphatic carbocycles. The monoisotopic (exact) mass is 444 g/mol. The highest BCUT2D eigenvalue weighted by atomic mass is 32.2. The quantitative estimate of drug-likeness (QED) is 0.569. The zero-order valence-electron chi connectivity index (χ0n) is 17.9. The van der Waals surface area contributed by atoms with Gasteiger partial charge in [0.15, 0.2) is 26.4 Å². The molecule has 0 aromatic carbocycles. The number of pyridine rings is 2. The van der Waals surface area contributed by atoms with Gasteiger partial charge in [0.1, 0.15) is 5.82 Å².